The lowest BCUT2D eigenvalue weighted by atomic mass is 9.96. The van der Waals surface area contributed by atoms with Crippen molar-refractivity contribution >= 4 is 23.2 Å². The van der Waals surface area contributed by atoms with Crippen LogP contribution in [0.25, 0.3) is 0 Å². The summed E-state index contributed by atoms with van der Waals surface area (Å²) in [6, 6.07) is 11.8. The van der Waals surface area contributed by atoms with Gasteiger partial charge in [-0.2, -0.15) is 0 Å². The van der Waals surface area contributed by atoms with Crippen LogP contribution in [-0.4, -0.2) is 0 Å². The van der Waals surface area contributed by atoms with Crippen LogP contribution in [0.1, 0.15) is 28.3 Å². The first-order chi connectivity index (χ1) is 10.2. The Labute approximate surface area is 134 Å². The second-order valence-electron chi connectivity index (χ2n) is 5.18. The Kier molecular flexibility index (Phi) is 4.48. The summed E-state index contributed by atoms with van der Waals surface area (Å²) >= 11 is 12.3. The SMILES string of the molecule is NNC(Cc1cc(Cl)ccc1Cl)c1ccc2c(c1)COC2. The zero-order valence-corrected chi connectivity index (χ0v) is 12.9. The fourth-order valence-corrected chi connectivity index (χ4v) is 2.99. The third-order valence-electron chi connectivity index (χ3n) is 3.78. The number of hydrogen-bond donors (Lipinski definition) is 2. The molecule has 2 aromatic rings. The van der Waals surface area contributed by atoms with Crippen molar-refractivity contribution in [3.8, 4) is 0 Å². The Morgan fingerprint density at radius 1 is 1.10 bits per heavy atom. The Balaban J connectivity index is 1.86. The van der Waals surface area contributed by atoms with E-state index in [-0.39, 0.29) is 6.04 Å². The summed E-state index contributed by atoms with van der Waals surface area (Å²) in [7, 11) is 0. The molecule has 0 aromatic heterocycles. The standard InChI is InChI=1S/C16H16Cl2N2O/c17-14-3-4-15(18)12(6-14)7-16(20-19)10-1-2-11-8-21-9-13(11)5-10/h1-6,16,20H,7-9,19H2. The van der Waals surface area contributed by atoms with Gasteiger partial charge in [0.2, 0.25) is 0 Å². The average molecular weight is 323 g/mol. The highest BCUT2D eigenvalue weighted by atomic mass is 35.5. The molecule has 3 nitrogen and oxygen atoms in total. The van der Waals surface area contributed by atoms with Gasteiger partial charge in [0, 0.05) is 10.0 Å². The summed E-state index contributed by atoms with van der Waals surface area (Å²) in [6.45, 7) is 1.36. The van der Waals surface area contributed by atoms with Crippen molar-refractivity contribution in [2.75, 3.05) is 0 Å². The lowest BCUT2D eigenvalue weighted by Gasteiger charge is -2.18. The molecule has 0 spiro atoms. The zero-order chi connectivity index (χ0) is 14.8. The van der Waals surface area contributed by atoms with Crippen molar-refractivity contribution in [2.45, 2.75) is 25.7 Å². The van der Waals surface area contributed by atoms with Gasteiger partial charge in [-0.1, -0.05) is 41.4 Å². The molecule has 21 heavy (non-hydrogen) atoms. The van der Waals surface area contributed by atoms with Crippen LogP contribution < -0.4 is 11.3 Å². The van der Waals surface area contributed by atoms with Crippen LogP contribution in [0, 0.1) is 0 Å². The van der Waals surface area contributed by atoms with Crippen LogP contribution in [0.5, 0.6) is 0 Å². The molecule has 3 N–H and O–H groups in total. The van der Waals surface area contributed by atoms with Crippen molar-refractivity contribution in [1.82, 2.24) is 5.43 Å². The van der Waals surface area contributed by atoms with E-state index < -0.39 is 0 Å². The Morgan fingerprint density at radius 3 is 2.71 bits per heavy atom. The lowest BCUT2D eigenvalue weighted by Crippen LogP contribution is -2.29. The zero-order valence-electron chi connectivity index (χ0n) is 11.4. The maximum Gasteiger partial charge on any atom is 0.0725 e. The third kappa shape index (κ3) is 3.23. The van der Waals surface area contributed by atoms with Crippen LogP contribution in [-0.2, 0) is 24.4 Å². The van der Waals surface area contributed by atoms with Gasteiger partial charge in [-0.05, 0) is 46.9 Å². The van der Waals surface area contributed by atoms with Crippen LogP contribution in [0.15, 0.2) is 36.4 Å². The molecule has 5 heteroatoms. The summed E-state index contributed by atoms with van der Waals surface area (Å²) in [6.07, 6.45) is 0.676. The summed E-state index contributed by atoms with van der Waals surface area (Å²) in [5, 5.41) is 1.37. The normalized spacial score (nSPS) is 15.0. The van der Waals surface area contributed by atoms with Gasteiger partial charge in [-0.15, -0.1) is 0 Å². The highest BCUT2D eigenvalue weighted by Gasteiger charge is 2.17. The van der Waals surface area contributed by atoms with E-state index in [4.69, 9.17) is 33.8 Å². The molecule has 0 radical (unpaired) electrons. The molecule has 0 bridgehead atoms. The van der Waals surface area contributed by atoms with Gasteiger partial charge in [0.15, 0.2) is 0 Å². The van der Waals surface area contributed by atoms with Crippen molar-refractivity contribution < 1.29 is 4.74 Å². The summed E-state index contributed by atoms with van der Waals surface area (Å²) in [5.74, 6) is 5.73. The number of rotatable bonds is 4. The van der Waals surface area contributed by atoms with Gasteiger partial charge in [-0.3, -0.25) is 11.3 Å². The molecule has 1 aliphatic heterocycles. The average Bonchev–Trinajstić information content (AvgIpc) is 2.95. The molecule has 1 atom stereocenters. The minimum absolute atomic E-state index is 0.0214. The molecule has 0 saturated carbocycles. The predicted molar refractivity (Wildman–Crippen MR) is 85.2 cm³/mol. The van der Waals surface area contributed by atoms with Gasteiger partial charge in [0.05, 0.1) is 19.3 Å². The van der Waals surface area contributed by atoms with Crippen molar-refractivity contribution in [2.24, 2.45) is 5.84 Å². The minimum atomic E-state index is -0.0214. The van der Waals surface area contributed by atoms with Gasteiger partial charge < -0.3 is 4.74 Å². The number of ether oxygens (including phenoxy) is 1. The van der Waals surface area contributed by atoms with E-state index in [2.05, 4.69) is 23.6 Å². The fourth-order valence-electron chi connectivity index (χ4n) is 2.60. The molecular weight excluding hydrogens is 307 g/mol. The van der Waals surface area contributed by atoms with Gasteiger partial charge in [-0.25, -0.2) is 0 Å². The second-order valence-corrected chi connectivity index (χ2v) is 6.02. The first-order valence-electron chi connectivity index (χ1n) is 6.77. The molecule has 1 aliphatic rings. The van der Waals surface area contributed by atoms with Crippen LogP contribution in [0.3, 0.4) is 0 Å². The summed E-state index contributed by atoms with van der Waals surface area (Å²) in [4.78, 5) is 0. The molecule has 0 amide bonds. The number of nitrogens with two attached hydrogens (primary N) is 1. The first kappa shape index (κ1) is 14.8. The van der Waals surface area contributed by atoms with E-state index >= 15 is 0 Å². The first-order valence-corrected chi connectivity index (χ1v) is 7.52. The molecule has 0 fully saturated rings. The van der Waals surface area contributed by atoms with Crippen molar-refractivity contribution in [3.63, 3.8) is 0 Å². The van der Waals surface area contributed by atoms with Crippen molar-refractivity contribution in [3.05, 3.63) is 68.7 Å². The van der Waals surface area contributed by atoms with Crippen LogP contribution in [0.2, 0.25) is 10.0 Å². The highest BCUT2D eigenvalue weighted by molar-refractivity contribution is 6.33. The number of nitrogens with one attached hydrogen (secondary N) is 1. The number of hydrogen-bond acceptors (Lipinski definition) is 3. The van der Waals surface area contributed by atoms with Gasteiger partial charge in [0.25, 0.3) is 0 Å². The smallest absolute Gasteiger partial charge is 0.0725 e. The Hall–Kier alpha value is -1.10. The number of fused-ring (bicyclic) bond motifs is 1. The maximum atomic E-state index is 6.23. The minimum Gasteiger partial charge on any atom is -0.372 e. The van der Waals surface area contributed by atoms with Gasteiger partial charge >= 0.3 is 0 Å². The van der Waals surface area contributed by atoms with E-state index in [0.29, 0.717) is 29.7 Å². The maximum absolute atomic E-state index is 6.23. The summed E-state index contributed by atoms with van der Waals surface area (Å²) in [5.41, 5.74) is 7.43. The fraction of sp³-hybridized carbons (Fsp3) is 0.250. The van der Waals surface area contributed by atoms with E-state index in [1.807, 2.05) is 12.1 Å². The monoisotopic (exact) mass is 322 g/mol. The topological polar surface area (TPSA) is 47.3 Å². The number of hydrazine groups is 1. The molecule has 2 aromatic carbocycles. The highest BCUT2D eigenvalue weighted by Crippen LogP contribution is 2.28. The Bertz CT molecular complexity index is 661. The van der Waals surface area contributed by atoms with E-state index in [1.54, 1.807) is 6.07 Å². The number of halogens is 2. The van der Waals surface area contributed by atoms with E-state index in [1.165, 1.54) is 11.1 Å². The molecule has 3 rings (SSSR count). The summed E-state index contributed by atoms with van der Waals surface area (Å²) < 4.78 is 5.45. The van der Waals surface area contributed by atoms with E-state index in [0.717, 1.165) is 11.1 Å². The van der Waals surface area contributed by atoms with E-state index in [9.17, 15) is 0 Å². The predicted octanol–water partition coefficient (Wildman–Crippen LogP) is 3.77. The molecule has 110 valence electrons. The van der Waals surface area contributed by atoms with Crippen LogP contribution in [0.4, 0.5) is 0 Å². The van der Waals surface area contributed by atoms with Crippen molar-refractivity contribution in [1.29, 1.82) is 0 Å². The van der Waals surface area contributed by atoms with Crippen LogP contribution >= 0.6 is 23.2 Å². The molecule has 0 saturated heterocycles. The van der Waals surface area contributed by atoms with Gasteiger partial charge in [0.1, 0.15) is 0 Å². The molecular formula is C16H16Cl2N2O. The second kappa shape index (κ2) is 6.34. The quantitative estimate of drug-likeness (QED) is 0.665. The number of benzene rings is 2. The molecule has 0 aliphatic carbocycles. The largest absolute Gasteiger partial charge is 0.372 e. The Morgan fingerprint density at radius 2 is 1.90 bits per heavy atom. The third-order valence-corrected chi connectivity index (χ3v) is 4.38. The molecule has 1 unspecified atom stereocenters. The molecule has 1 heterocycles. The lowest BCUT2D eigenvalue weighted by molar-refractivity contribution is 0.134.